The van der Waals surface area contributed by atoms with Crippen molar-refractivity contribution in [2.24, 2.45) is 0 Å². The molecule has 5 nitrogen and oxygen atoms in total. The number of aromatic nitrogens is 1. The van der Waals surface area contributed by atoms with E-state index in [1.165, 1.54) is 14.0 Å². The fourth-order valence-corrected chi connectivity index (χ4v) is 1.93. The van der Waals surface area contributed by atoms with Crippen LogP contribution in [0.5, 0.6) is 11.6 Å². The van der Waals surface area contributed by atoms with Crippen molar-refractivity contribution < 1.29 is 32.2 Å². The molecule has 9 heteroatoms. The zero-order chi connectivity index (χ0) is 14.6. The molecule has 106 valence electrons. The van der Waals surface area contributed by atoms with Crippen molar-refractivity contribution in [3.63, 3.8) is 0 Å². The molecule has 0 saturated heterocycles. The van der Waals surface area contributed by atoms with Crippen molar-refractivity contribution in [1.29, 1.82) is 0 Å². The minimum atomic E-state index is -4.94. The molecule has 0 bridgehead atoms. The Labute approximate surface area is 120 Å². The molecule has 0 saturated carbocycles. The Morgan fingerprint density at radius 3 is 2.58 bits per heavy atom. The van der Waals surface area contributed by atoms with E-state index in [4.69, 9.17) is 4.74 Å². The van der Waals surface area contributed by atoms with Gasteiger partial charge in [0, 0.05) is 6.20 Å². The van der Waals surface area contributed by atoms with E-state index in [0.717, 1.165) is 6.20 Å². The van der Waals surface area contributed by atoms with Gasteiger partial charge in [-0.2, -0.15) is 0 Å². The van der Waals surface area contributed by atoms with Crippen molar-refractivity contribution in [1.82, 2.24) is 4.98 Å². The summed E-state index contributed by atoms with van der Waals surface area (Å²) in [6.45, 7) is 1.55. The zero-order valence-corrected chi connectivity index (χ0v) is 12.0. The smallest absolute Gasteiger partial charge is 0.480 e. The zero-order valence-electron chi connectivity index (χ0n) is 9.88. The Morgan fingerprint density at radius 2 is 2.11 bits per heavy atom. The number of esters is 1. The normalized spacial score (nSPS) is 11.1. The third-order valence-electron chi connectivity index (χ3n) is 1.85. The number of halogens is 4. The second kappa shape index (κ2) is 6.26. The Balaban J connectivity index is 3.30. The fourth-order valence-electron chi connectivity index (χ4n) is 1.17. The summed E-state index contributed by atoms with van der Waals surface area (Å²) in [5.74, 6) is -1.71. The summed E-state index contributed by atoms with van der Waals surface area (Å²) >= 11 is 1.55. The van der Waals surface area contributed by atoms with Gasteiger partial charge in [-0.25, -0.2) is 9.78 Å². The van der Waals surface area contributed by atoms with E-state index in [2.05, 4.69) is 14.5 Å². The lowest BCUT2D eigenvalue weighted by molar-refractivity contribution is -0.275. The van der Waals surface area contributed by atoms with Crippen LogP contribution in [0.15, 0.2) is 6.20 Å². The van der Waals surface area contributed by atoms with Gasteiger partial charge in [-0.05, 0) is 29.5 Å². The second-order valence-electron chi connectivity index (χ2n) is 3.09. The first kappa shape index (κ1) is 15.8. The van der Waals surface area contributed by atoms with E-state index >= 15 is 0 Å². The highest BCUT2D eigenvalue weighted by atomic mass is 127. The molecule has 1 aromatic rings. The molecule has 19 heavy (non-hydrogen) atoms. The number of hydrogen-bond acceptors (Lipinski definition) is 5. The molecule has 0 aliphatic rings. The molecule has 1 heterocycles. The SMILES string of the molecule is CCOC(=O)c1cnc(OC)c(I)c1OC(F)(F)F. The van der Waals surface area contributed by atoms with Crippen LogP contribution in [0.2, 0.25) is 0 Å². The van der Waals surface area contributed by atoms with Crippen molar-refractivity contribution in [3.8, 4) is 11.6 Å². The minimum Gasteiger partial charge on any atom is -0.480 e. The van der Waals surface area contributed by atoms with Crippen LogP contribution in [0.1, 0.15) is 17.3 Å². The molecule has 0 fully saturated rings. The highest BCUT2D eigenvalue weighted by Gasteiger charge is 2.35. The van der Waals surface area contributed by atoms with E-state index < -0.39 is 23.6 Å². The lowest BCUT2D eigenvalue weighted by atomic mass is 10.2. The van der Waals surface area contributed by atoms with Crippen molar-refractivity contribution in [2.75, 3.05) is 13.7 Å². The van der Waals surface area contributed by atoms with E-state index in [1.807, 2.05) is 0 Å². The third-order valence-corrected chi connectivity index (χ3v) is 2.80. The molecule has 0 unspecified atom stereocenters. The van der Waals surface area contributed by atoms with Crippen LogP contribution in [0.3, 0.4) is 0 Å². The molecule has 1 rings (SSSR count). The number of hydrogen-bond donors (Lipinski definition) is 0. The van der Waals surface area contributed by atoms with Crippen LogP contribution >= 0.6 is 22.6 Å². The topological polar surface area (TPSA) is 57.7 Å². The maximum absolute atomic E-state index is 12.3. The molecule has 0 radical (unpaired) electrons. The van der Waals surface area contributed by atoms with Gasteiger partial charge >= 0.3 is 12.3 Å². The number of nitrogens with zero attached hydrogens (tertiary/aromatic N) is 1. The van der Waals surface area contributed by atoms with Crippen LogP contribution in [-0.2, 0) is 4.74 Å². The van der Waals surface area contributed by atoms with Crippen LogP contribution in [0, 0.1) is 3.57 Å². The summed E-state index contributed by atoms with van der Waals surface area (Å²) < 4.78 is 50.2. The third kappa shape index (κ3) is 4.11. The number of ether oxygens (including phenoxy) is 3. The second-order valence-corrected chi connectivity index (χ2v) is 4.17. The average molecular weight is 391 g/mol. The maximum Gasteiger partial charge on any atom is 0.573 e. The summed E-state index contributed by atoms with van der Waals surface area (Å²) in [7, 11) is 1.24. The van der Waals surface area contributed by atoms with E-state index in [1.54, 1.807) is 22.6 Å². The number of rotatable bonds is 4. The van der Waals surface area contributed by atoms with Gasteiger partial charge < -0.3 is 14.2 Å². The molecule has 0 spiro atoms. The summed E-state index contributed by atoms with van der Waals surface area (Å²) in [5.41, 5.74) is -0.413. The Hall–Kier alpha value is -1.26. The summed E-state index contributed by atoms with van der Waals surface area (Å²) in [5, 5.41) is 0. The Bertz CT molecular complexity index is 479. The number of carbonyl (C=O) groups is 1. The predicted molar refractivity (Wildman–Crippen MR) is 66.1 cm³/mol. The fraction of sp³-hybridized carbons (Fsp3) is 0.400. The van der Waals surface area contributed by atoms with Crippen LogP contribution in [0.4, 0.5) is 13.2 Å². The number of pyridine rings is 1. The van der Waals surface area contributed by atoms with Crippen molar-refractivity contribution in [2.45, 2.75) is 13.3 Å². The minimum absolute atomic E-state index is 0.0207. The quantitative estimate of drug-likeness (QED) is 0.584. The Kier molecular flexibility index (Phi) is 5.20. The number of carbonyl (C=O) groups excluding carboxylic acids is 1. The monoisotopic (exact) mass is 391 g/mol. The molecule has 0 atom stereocenters. The molecular formula is C10H9F3INO4. The first-order valence-electron chi connectivity index (χ1n) is 4.95. The van der Waals surface area contributed by atoms with Crippen LogP contribution < -0.4 is 9.47 Å². The first-order valence-corrected chi connectivity index (χ1v) is 6.03. The molecule has 0 N–H and O–H groups in total. The van der Waals surface area contributed by atoms with Crippen LogP contribution in [0.25, 0.3) is 0 Å². The lowest BCUT2D eigenvalue weighted by Gasteiger charge is -2.15. The Morgan fingerprint density at radius 1 is 1.47 bits per heavy atom. The maximum atomic E-state index is 12.3. The highest BCUT2D eigenvalue weighted by Crippen LogP contribution is 2.35. The number of methoxy groups -OCH3 is 1. The van der Waals surface area contributed by atoms with Gasteiger partial charge in [0.05, 0.1) is 13.7 Å². The largest absolute Gasteiger partial charge is 0.573 e. The summed E-state index contributed by atoms with van der Waals surface area (Å²) in [6.07, 6.45) is -4.02. The predicted octanol–water partition coefficient (Wildman–Crippen LogP) is 2.77. The highest BCUT2D eigenvalue weighted by molar-refractivity contribution is 14.1. The van der Waals surface area contributed by atoms with Gasteiger partial charge in [-0.3, -0.25) is 0 Å². The molecule has 0 aromatic carbocycles. The molecular weight excluding hydrogens is 382 g/mol. The van der Waals surface area contributed by atoms with E-state index in [-0.39, 0.29) is 16.1 Å². The van der Waals surface area contributed by atoms with Gasteiger partial charge in [0.15, 0.2) is 5.75 Å². The van der Waals surface area contributed by atoms with Crippen molar-refractivity contribution in [3.05, 3.63) is 15.3 Å². The molecule has 1 aromatic heterocycles. The molecule has 0 aliphatic carbocycles. The standard InChI is InChI=1S/C10H9F3INO4/c1-3-18-9(16)5-4-15-8(17-2)6(14)7(5)19-10(11,12)13/h4H,3H2,1-2H3. The lowest BCUT2D eigenvalue weighted by Crippen LogP contribution is -2.21. The summed E-state index contributed by atoms with van der Waals surface area (Å²) in [6, 6.07) is 0. The number of alkyl halides is 3. The van der Waals surface area contributed by atoms with E-state index in [9.17, 15) is 18.0 Å². The molecule has 0 amide bonds. The van der Waals surface area contributed by atoms with Gasteiger partial charge in [-0.1, -0.05) is 0 Å². The van der Waals surface area contributed by atoms with Crippen LogP contribution in [-0.4, -0.2) is 31.0 Å². The van der Waals surface area contributed by atoms with Gasteiger partial charge in [0.25, 0.3) is 0 Å². The first-order chi connectivity index (χ1) is 8.80. The van der Waals surface area contributed by atoms with Gasteiger partial charge in [0.2, 0.25) is 5.88 Å². The molecule has 0 aliphatic heterocycles. The summed E-state index contributed by atoms with van der Waals surface area (Å²) in [4.78, 5) is 15.3. The van der Waals surface area contributed by atoms with Crippen molar-refractivity contribution >= 4 is 28.6 Å². The van der Waals surface area contributed by atoms with Gasteiger partial charge in [0.1, 0.15) is 9.13 Å². The van der Waals surface area contributed by atoms with Gasteiger partial charge in [-0.15, -0.1) is 13.2 Å². The van der Waals surface area contributed by atoms with E-state index in [0.29, 0.717) is 0 Å². The average Bonchev–Trinajstić information content (AvgIpc) is 2.30.